The minimum absolute atomic E-state index is 0.333. The third-order valence-electron chi connectivity index (χ3n) is 7.00. The second-order valence-electron chi connectivity index (χ2n) is 9.83. The Kier molecular flexibility index (Phi) is 8.19. The van der Waals surface area contributed by atoms with Gasteiger partial charge in [0, 0.05) is 38.6 Å². The minimum atomic E-state index is -3.53. The van der Waals surface area contributed by atoms with Crippen molar-refractivity contribution in [2.24, 2.45) is 5.92 Å². The Morgan fingerprint density at radius 1 is 1.08 bits per heavy atom. The van der Waals surface area contributed by atoms with E-state index in [2.05, 4.69) is 54.0 Å². The number of piperidine rings is 1. The Morgan fingerprint density at radius 3 is 2.73 bits per heavy atom. The number of rotatable bonds is 10. The molecule has 0 radical (unpaired) electrons. The average Bonchev–Trinajstić information content (AvgIpc) is 3.26. The average molecular weight is 538 g/mol. The molecule has 1 aliphatic rings. The molecule has 8 heteroatoms. The Hall–Kier alpha value is -2.39. The van der Waals surface area contributed by atoms with E-state index in [1.54, 1.807) is 28.2 Å². The summed E-state index contributed by atoms with van der Waals surface area (Å²) in [5, 5.41) is 3.37. The van der Waals surface area contributed by atoms with Crippen LogP contribution in [-0.4, -0.2) is 48.6 Å². The fourth-order valence-electron chi connectivity index (χ4n) is 5.03. The van der Waals surface area contributed by atoms with Crippen LogP contribution in [0.1, 0.15) is 38.7 Å². The van der Waals surface area contributed by atoms with Gasteiger partial charge in [0.25, 0.3) is 0 Å². The van der Waals surface area contributed by atoms with Gasteiger partial charge in [-0.15, -0.1) is 0 Å². The molecule has 4 aromatic rings. The predicted octanol–water partition coefficient (Wildman–Crippen LogP) is 6.33. The summed E-state index contributed by atoms with van der Waals surface area (Å²) >= 11 is 1.69. The zero-order chi connectivity index (χ0) is 25.8. The first kappa shape index (κ1) is 26.2. The Labute approximate surface area is 224 Å². The zero-order valence-corrected chi connectivity index (χ0v) is 23.2. The number of hydrogen-bond acceptors (Lipinski definition) is 5. The normalized spacial score (nSPS) is 17.1. The Bertz CT molecular complexity index is 1480. The molecule has 37 heavy (non-hydrogen) atoms. The maximum atomic E-state index is 13.4. The van der Waals surface area contributed by atoms with Gasteiger partial charge < -0.3 is 9.30 Å². The summed E-state index contributed by atoms with van der Waals surface area (Å²) in [6.07, 6.45) is 2.86. The highest BCUT2D eigenvalue weighted by atomic mass is 32.2. The molecule has 0 saturated carbocycles. The van der Waals surface area contributed by atoms with Gasteiger partial charge in [0.2, 0.25) is 10.0 Å². The van der Waals surface area contributed by atoms with E-state index in [0.29, 0.717) is 37.1 Å². The van der Waals surface area contributed by atoms with Crippen LogP contribution >= 0.6 is 11.8 Å². The van der Waals surface area contributed by atoms with Gasteiger partial charge in [0.05, 0.1) is 15.9 Å². The summed E-state index contributed by atoms with van der Waals surface area (Å²) < 4.78 is 36.2. The van der Waals surface area contributed by atoms with E-state index in [4.69, 9.17) is 9.72 Å². The van der Waals surface area contributed by atoms with Crippen LogP contribution in [0.15, 0.2) is 70.7 Å². The quantitative estimate of drug-likeness (QED) is 0.175. The molecule has 0 aliphatic carbocycles. The van der Waals surface area contributed by atoms with Gasteiger partial charge in [-0.3, -0.25) is 0 Å². The van der Waals surface area contributed by atoms with Crippen molar-refractivity contribution in [1.29, 1.82) is 0 Å². The smallest absolute Gasteiger partial charge is 0.243 e. The third kappa shape index (κ3) is 5.87. The van der Waals surface area contributed by atoms with Gasteiger partial charge in [-0.1, -0.05) is 61.2 Å². The van der Waals surface area contributed by atoms with Crippen molar-refractivity contribution in [1.82, 2.24) is 13.9 Å². The van der Waals surface area contributed by atoms with Gasteiger partial charge in [0.1, 0.15) is 0 Å². The predicted molar refractivity (Wildman–Crippen MR) is 152 cm³/mol. The van der Waals surface area contributed by atoms with Gasteiger partial charge in [-0.25, -0.2) is 13.4 Å². The maximum absolute atomic E-state index is 13.4. The molecule has 2 heterocycles. The highest BCUT2D eigenvalue weighted by molar-refractivity contribution is 7.98. The number of aryl methyl sites for hydroxylation is 1. The molecule has 196 valence electrons. The summed E-state index contributed by atoms with van der Waals surface area (Å²) in [6, 6.07) is 20.4. The van der Waals surface area contributed by atoms with Gasteiger partial charge in [-0.2, -0.15) is 4.31 Å². The van der Waals surface area contributed by atoms with Gasteiger partial charge >= 0.3 is 0 Å². The van der Waals surface area contributed by atoms with Crippen LogP contribution in [0.25, 0.3) is 21.8 Å². The number of benzene rings is 3. The second-order valence-corrected chi connectivity index (χ2v) is 12.7. The topological polar surface area (TPSA) is 64.4 Å². The SMILES string of the molecule is CCOCCCn1c(SCc2ccc3ccccc3c2)nc2cc(S(=O)(=O)N3CCCC(C)C3)ccc21. The lowest BCUT2D eigenvalue weighted by Crippen LogP contribution is -2.39. The summed E-state index contributed by atoms with van der Waals surface area (Å²) in [5.74, 6) is 1.17. The molecule has 1 unspecified atom stereocenters. The van der Waals surface area contributed by atoms with E-state index in [1.807, 2.05) is 13.0 Å². The molecule has 1 aromatic heterocycles. The third-order valence-corrected chi connectivity index (χ3v) is 9.91. The molecule has 5 rings (SSSR count). The van der Waals surface area contributed by atoms with Gasteiger partial charge in [-0.05, 0) is 66.6 Å². The molecule has 1 fully saturated rings. The highest BCUT2D eigenvalue weighted by Gasteiger charge is 2.29. The first-order valence-electron chi connectivity index (χ1n) is 13.1. The van der Waals surface area contributed by atoms with Crippen LogP contribution in [-0.2, 0) is 27.1 Å². The Balaban J connectivity index is 1.43. The van der Waals surface area contributed by atoms with Crippen molar-refractivity contribution in [3.05, 3.63) is 66.2 Å². The van der Waals surface area contributed by atoms with E-state index in [-0.39, 0.29) is 0 Å². The monoisotopic (exact) mass is 537 g/mol. The summed E-state index contributed by atoms with van der Waals surface area (Å²) in [6.45, 7) is 7.44. The van der Waals surface area contributed by atoms with Crippen LogP contribution in [0.4, 0.5) is 0 Å². The fourth-order valence-corrected chi connectivity index (χ4v) is 7.64. The lowest BCUT2D eigenvalue weighted by Gasteiger charge is -2.30. The van der Waals surface area contributed by atoms with Crippen molar-refractivity contribution >= 4 is 43.6 Å². The van der Waals surface area contributed by atoms with Crippen LogP contribution in [0.5, 0.6) is 0 Å². The lowest BCUT2D eigenvalue weighted by molar-refractivity contribution is 0.141. The molecule has 1 aliphatic heterocycles. The number of sulfonamides is 1. The highest BCUT2D eigenvalue weighted by Crippen LogP contribution is 2.31. The van der Waals surface area contributed by atoms with Crippen molar-refractivity contribution in [3.8, 4) is 0 Å². The number of aromatic nitrogens is 2. The maximum Gasteiger partial charge on any atom is 0.243 e. The first-order valence-corrected chi connectivity index (χ1v) is 15.6. The van der Waals surface area contributed by atoms with Crippen LogP contribution in [0, 0.1) is 5.92 Å². The molecule has 6 nitrogen and oxygen atoms in total. The van der Waals surface area contributed by atoms with E-state index in [9.17, 15) is 8.42 Å². The van der Waals surface area contributed by atoms with E-state index < -0.39 is 10.0 Å². The molecule has 1 saturated heterocycles. The van der Waals surface area contributed by atoms with Crippen LogP contribution in [0.3, 0.4) is 0 Å². The minimum Gasteiger partial charge on any atom is -0.382 e. The molecular formula is C29H35N3O3S2. The molecule has 0 spiro atoms. The van der Waals surface area contributed by atoms with E-state index >= 15 is 0 Å². The van der Waals surface area contributed by atoms with E-state index in [0.717, 1.165) is 47.7 Å². The number of ether oxygens (including phenoxy) is 1. The van der Waals surface area contributed by atoms with Crippen molar-refractivity contribution in [3.63, 3.8) is 0 Å². The van der Waals surface area contributed by atoms with Crippen molar-refractivity contribution < 1.29 is 13.2 Å². The molecule has 0 amide bonds. The first-order chi connectivity index (χ1) is 18.0. The number of hydrogen-bond donors (Lipinski definition) is 0. The van der Waals surface area contributed by atoms with Crippen LogP contribution < -0.4 is 0 Å². The number of fused-ring (bicyclic) bond motifs is 2. The number of nitrogens with zero attached hydrogens (tertiary/aromatic N) is 3. The molecule has 3 aromatic carbocycles. The van der Waals surface area contributed by atoms with Gasteiger partial charge in [0.15, 0.2) is 5.16 Å². The molecular weight excluding hydrogens is 502 g/mol. The summed E-state index contributed by atoms with van der Waals surface area (Å²) in [4.78, 5) is 5.26. The van der Waals surface area contributed by atoms with E-state index in [1.165, 1.54) is 16.3 Å². The zero-order valence-electron chi connectivity index (χ0n) is 21.6. The molecule has 0 N–H and O–H groups in total. The standard InChI is InChI=1S/C29H35N3O3S2/c1-3-35-17-7-16-32-28-14-13-26(37(33,34)31-15-6-8-22(2)20-31)19-27(28)30-29(32)36-21-23-11-12-24-9-4-5-10-25(24)18-23/h4-5,9-14,18-19,22H,3,6-8,15-17,20-21H2,1-2H3. The fraction of sp³-hybridized carbons (Fsp3) is 0.414. The number of imidazole rings is 1. The summed E-state index contributed by atoms with van der Waals surface area (Å²) in [7, 11) is -3.53. The number of thioether (sulfide) groups is 1. The van der Waals surface area contributed by atoms with Crippen molar-refractivity contribution in [2.75, 3.05) is 26.3 Å². The summed E-state index contributed by atoms with van der Waals surface area (Å²) in [5.41, 5.74) is 2.92. The lowest BCUT2D eigenvalue weighted by atomic mass is 10.0. The molecule has 1 atom stereocenters. The Morgan fingerprint density at radius 2 is 1.92 bits per heavy atom. The molecule has 0 bridgehead atoms. The van der Waals surface area contributed by atoms with Crippen LogP contribution in [0.2, 0.25) is 0 Å². The second kappa shape index (κ2) is 11.6. The largest absolute Gasteiger partial charge is 0.382 e. The van der Waals surface area contributed by atoms with Crippen molar-refractivity contribution in [2.45, 2.75) is 55.5 Å².